The van der Waals surface area contributed by atoms with Crippen molar-refractivity contribution in [2.45, 2.75) is 46.0 Å². The third-order valence-corrected chi connectivity index (χ3v) is 6.18. The summed E-state index contributed by atoms with van der Waals surface area (Å²) >= 11 is 5.84. The molecule has 0 amide bonds. The summed E-state index contributed by atoms with van der Waals surface area (Å²) in [6.07, 6.45) is 14.4. The lowest BCUT2D eigenvalue weighted by atomic mass is 9.89. The van der Waals surface area contributed by atoms with Gasteiger partial charge in [0.2, 0.25) is 0 Å². The van der Waals surface area contributed by atoms with Gasteiger partial charge in [0.1, 0.15) is 12.4 Å². The topological polar surface area (TPSA) is 83.3 Å². The van der Waals surface area contributed by atoms with Gasteiger partial charge in [-0.05, 0) is 68.7 Å². The minimum absolute atomic E-state index is 0.359. The highest BCUT2D eigenvalue weighted by Crippen LogP contribution is 2.34. The van der Waals surface area contributed by atoms with E-state index in [0.717, 1.165) is 34.7 Å². The number of hydrogen-bond donors (Lipinski definition) is 3. The predicted molar refractivity (Wildman–Crippen MR) is 160 cm³/mol. The minimum atomic E-state index is -1.20. The summed E-state index contributed by atoms with van der Waals surface area (Å²) < 4.78 is 11.1. The van der Waals surface area contributed by atoms with Gasteiger partial charge in [0, 0.05) is 35.7 Å². The van der Waals surface area contributed by atoms with Crippen LogP contribution in [0.5, 0.6) is 0 Å². The molecule has 0 aliphatic carbocycles. The molecule has 2 rings (SSSR count). The predicted octanol–water partition coefficient (Wildman–Crippen LogP) is 5.87. The van der Waals surface area contributed by atoms with Crippen molar-refractivity contribution in [3.05, 3.63) is 117 Å². The van der Waals surface area contributed by atoms with Crippen molar-refractivity contribution < 1.29 is 19.7 Å². The van der Waals surface area contributed by atoms with E-state index < -0.39 is 11.9 Å². The number of dihydropyridines is 1. The first-order valence-electron chi connectivity index (χ1n) is 12.7. The monoisotopic (exact) mass is 550 g/mol. The Kier molecular flexibility index (Phi) is 12.5. The van der Waals surface area contributed by atoms with E-state index in [-0.39, 0.29) is 0 Å². The van der Waals surface area contributed by atoms with Gasteiger partial charge in [-0.25, -0.2) is 4.99 Å². The Labute approximate surface area is 237 Å². The van der Waals surface area contributed by atoms with Crippen molar-refractivity contribution >= 4 is 17.5 Å². The molecule has 7 heteroatoms. The molecule has 2 heterocycles. The molecule has 39 heavy (non-hydrogen) atoms. The van der Waals surface area contributed by atoms with Crippen LogP contribution in [0.25, 0.3) is 0 Å². The van der Waals surface area contributed by atoms with Crippen molar-refractivity contribution in [2.24, 2.45) is 4.99 Å². The Balaban J connectivity index is 2.47. The summed E-state index contributed by atoms with van der Waals surface area (Å²) in [6, 6.07) is 0. The van der Waals surface area contributed by atoms with Crippen LogP contribution < -0.4 is 5.32 Å². The maximum Gasteiger partial charge on any atom is 0.189 e. The molecule has 0 spiro atoms. The van der Waals surface area contributed by atoms with Crippen molar-refractivity contribution in [1.82, 2.24) is 5.32 Å². The van der Waals surface area contributed by atoms with Crippen molar-refractivity contribution in [2.75, 3.05) is 26.8 Å². The normalized spacial score (nSPS) is 18.1. The molecular weight excluding hydrogens is 512 g/mol. The van der Waals surface area contributed by atoms with Crippen LogP contribution in [0.1, 0.15) is 34.1 Å². The molecule has 0 radical (unpaired) electrons. The second-order valence-electron chi connectivity index (χ2n) is 9.35. The Morgan fingerprint density at radius 1 is 1.38 bits per heavy atom. The number of aliphatic imine (C=N–C) groups is 1. The zero-order valence-corrected chi connectivity index (χ0v) is 24.2. The lowest BCUT2D eigenvalue weighted by molar-refractivity contribution is -0.0424. The van der Waals surface area contributed by atoms with Gasteiger partial charge < -0.3 is 25.0 Å². The van der Waals surface area contributed by atoms with Crippen LogP contribution in [0, 0.1) is 0 Å². The summed E-state index contributed by atoms with van der Waals surface area (Å²) in [7, 11) is 1.40. The Bertz CT molecular complexity index is 1270. The maximum atomic E-state index is 10.6. The molecule has 1 atom stereocenters. The average Bonchev–Trinajstić information content (AvgIpc) is 3.03. The SMILES string of the molecule is C=C/C(=C\C1=C(C)OCC2=C(C=CCN2)/C1=C\CCN=C=C=C(C(/C=C\C(=C)Cl)=C/C)[C@@H](O)OC)C(C)(C)O. The summed E-state index contributed by atoms with van der Waals surface area (Å²) in [5, 5.41) is 24.7. The highest BCUT2D eigenvalue weighted by Gasteiger charge is 2.24. The molecule has 0 unspecified atom stereocenters. The maximum absolute atomic E-state index is 10.6. The largest absolute Gasteiger partial charge is 0.491 e. The highest BCUT2D eigenvalue weighted by molar-refractivity contribution is 6.30. The van der Waals surface area contributed by atoms with Gasteiger partial charge >= 0.3 is 0 Å². The number of nitrogens with zero attached hydrogens (tertiary/aromatic N) is 1. The van der Waals surface area contributed by atoms with Crippen molar-refractivity contribution in [1.29, 1.82) is 0 Å². The van der Waals surface area contributed by atoms with Crippen molar-refractivity contribution in [3.63, 3.8) is 0 Å². The van der Waals surface area contributed by atoms with E-state index in [4.69, 9.17) is 21.1 Å². The average molecular weight is 551 g/mol. The molecule has 0 saturated heterocycles. The van der Waals surface area contributed by atoms with Gasteiger partial charge in [0.05, 0.1) is 23.4 Å². The third kappa shape index (κ3) is 9.42. The van der Waals surface area contributed by atoms with E-state index in [1.807, 2.05) is 19.9 Å². The molecule has 0 aromatic heterocycles. The first-order valence-corrected chi connectivity index (χ1v) is 13.1. The van der Waals surface area contributed by atoms with Crippen LogP contribution in [0.3, 0.4) is 0 Å². The molecule has 0 aromatic rings. The second kappa shape index (κ2) is 15.3. The number of rotatable bonds is 11. The van der Waals surface area contributed by atoms with Crippen LogP contribution in [-0.2, 0) is 9.47 Å². The van der Waals surface area contributed by atoms with E-state index in [9.17, 15) is 10.2 Å². The first-order chi connectivity index (χ1) is 18.5. The highest BCUT2D eigenvalue weighted by atomic mass is 35.5. The zero-order chi connectivity index (χ0) is 29.0. The van der Waals surface area contributed by atoms with E-state index in [1.54, 1.807) is 38.2 Å². The summed E-state index contributed by atoms with van der Waals surface area (Å²) in [4.78, 5) is 4.36. The fourth-order valence-electron chi connectivity index (χ4n) is 3.91. The van der Waals surface area contributed by atoms with Gasteiger partial charge in [0.15, 0.2) is 6.29 Å². The number of hydrogen-bond acceptors (Lipinski definition) is 6. The molecule has 6 nitrogen and oxygen atoms in total. The smallest absolute Gasteiger partial charge is 0.189 e. The molecule has 0 aromatic carbocycles. The number of nitrogens with one attached hydrogen (secondary N) is 1. The molecule has 208 valence electrons. The number of ether oxygens (including phenoxy) is 2. The number of allylic oxidation sites excluding steroid dienone is 10. The molecule has 2 aliphatic rings. The van der Waals surface area contributed by atoms with E-state index in [1.165, 1.54) is 7.11 Å². The first kappa shape index (κ1) is 31.9. The summed E-state index contributed by atoms with van der Waals surface area (Å²) in [5.74, 6) is 3.55. The van der Waals surface area contributed by atoms with E-state index >= 15 is 0 Å². The van der Waals surface area contributed by atoms with Gasteiger partial charge in [-0.1, -0.05) is 61.2 Å². The summed E-state index contributed by atoms with van der Waals surface area (Å²) in [6.45, 7) is 16.3. The number of aliphatic hydroxyl groups is 2. The molecule has 3 N–H and O–H groups in total. The van der Waals surface area contributed by atoms with E-state index in [2.05, 4.69) is 53.3 Å². The van der Waals surface area contributed by atoms with Crippen LogP contribution in [0.4, 0.5) is 0 Å². The fraction of sp³-hybridized carbons (Fsp3) is 0.344. The molecule has 0 bridgehead atoms. The van der Waals surface area contributed by atoms with E-state index in [0.29, 0.717) is 41.3 Å². The van der Waals surface area contributed by atoms with Gasteiger partial charge in [-0.15, -0.1) is 0 Å². The van der Waals surface area contributed by atoms with Gasteiger partial charge in [-0.2, -0.15) is 0 Å². The molecule has 0 fully saturated rings. The Morgan fingerprint density at radius 2 is 2.13 bits per heavy atom. The second-order valence-corrected chi connectivity index (χ2v) is 9.83. The Hall–Kier alpha value is -3.34. The third-order valence-electron chi connectivity index (χ3n) is 6.06. The zero-order valence-electron chi connectivity index (χ0n) is 23.5. The van der Waals surface area contributed by atoms with Crippen LogP contribution in [0.2, 0.25) is 0 Å². The summed E-state index contributed by atoms with van der Waals surface area (Å²) in [5.41, 5.74) is 7.48. The molecular formula is C32H39ClN2O4. The van der Waals surface area contributed by atoms with Gasteiger partial charge in [-0.3, -0.25) is 0 Å². The lowest BCUT2D eigenvalue weighted by Crippen LogP contribution is -2.22. The lowest BCUT2D eigenvalue weighted by Gasteiger charge is -2.21. The molecule has 2 aliphatic heterocycles. The molecule has 0 saturated carbocycles. The number of halogens is 1. The quantitative estimate of drug-likeness (QED) is 0.0984. The number of aliphatic hydroxyl groups excluding tert-OH is 1. The van der Waals surface area contributed by atoms with Crippen LogP contribution in [0.15, 0.2) is 122 Å². The standard InChI is InChI=1S/C32H39ClN2O4/c1-8-24(15-14-22(3)33)26(31(36)38-7)16-19-34-17-10-12-27-28-13-11-18-35-30(28)21-39-23(4)29(27)20-25(9-2)32(5,6)37/h8-9,11-15,20,31,35-37H,2-3,10,17-18,21H2,1,4-7H3/b15-14-,24-8+,25-20+,27-12+/t31-/m0/s1. The minimum Gasteiger partial charge on any atom is -0.491 e. The van der Waals surface area contributed by atoms with Crippen LogP contribution in [-0.4, -0.2) is 54.8 Å². The number of methoxy groups -OCH3 is 1. The van der Waals surface area contributed by atoms with Crippen LogP contribution >= 0.6 is 11.6 Å². The van der Waals surface area contributed by atoms with Gasteiger partial charge in [0.25, 0.3) is 0 Å². The van der Waals surface area contributed by atoms with Crippen molar-refractivity contribution in [3.8, 4) is 0 Å². The fourth-order valence-corrected chi connectivity index (χ4v) is 3.98. The Morgan fingerprint density at radius 3 is 2.74 bits per heavy atom.